The molecule has 0 aliphatic carbocycles. The summed E-state index contributed by atoms with van der Waals surface area (Å²) >= 11 is 1.62. The van der Waals surface area contributed by atoms with Gasteiger partial charge in [0.1, 0.15) is 5.75 Å². The van der Waals surface area contributed by atoms with E-state index in [1.807, 2.05) is 18.2 Å². The molecule has 2 aromatic heterocycles. The molecular formula is C16H17N5O3S. The molecule has 1 fully saturated rings. The highest BCUT2D eigenvalue weighted by molar-refractivity contribution is 7.22. The standard InChI is InChI=1S/C16H17N5O3S/c1-9-19-20-14(24-9)6-17-15(22)10-7-21(8-10)16-18-12-5-11(23-2)3-4-13(12)25-16/h3-5,10H,6-8H2,1-2H3,(H,17,22). The Hall–Kier alpha value is -2.68. The number of ether oxygens (including phenoxy) is 1. The fraction of sp³-hybridized carbons (Fsp3) is 0.375. The molecule has 1 N–H and O–H groups in total. The predicted molar refractivity (Wildman–Crippen MR) is 92.8 cm³/mol. The Bertz CT molecular complexity index is 916. The highest BCUT2D eigenvalue weighted by Gasteiger charge is 2.34. The topological polar surface area (TPSA) is 93.4 Å². The Morgan fingerprint density at radius 1 is 1.44 bits per heavy atom. The van der Waals surface area contributed by atoms with Gasteiger partial charge in [0.05, 0.1) is 29.8 Å². The second kappa shape index (κ2) is 6.32. The van der Waals surface area contributed by atoms with Crippen molar-refractivity contribution in [2.45, 2.75) is 13.5 Å². The summed E-state index contributed by atoms with van der Waals surface area (Å²) in [5.41, 5.74) is 0.916. The van der Waals surface area contributed by atoms with Gasteiger partial charge in [-0.25, -0.2) is 4.98 Å². The molecule has 0 saturated carbocycles. The molecule has 8 nitrogen and oxygen atoms in total. The van der Waals surface area contributed by atoms with E-state index in [0.29, 0.717) is 24.9 Å². The van der Waals surface area contributed by atoms with E-state index in [0.717, 1.165) is 21.1 Å². The normalized spacial score (nSPS) is 14.6. The average molecular weight is 359 g/mol. The summed E-state index contributed by atoms with van der Waals surface area (Å²) in [6.07, 6.45) is 0. The number of methoxy groups -OCH3 is 1. The van der Waals surface area contributed by atoms with E-state index >= 15 is 0 Å². The fourth-order valence-electron chi connectivity index (χ4n) is 2.67. The van der Waals surface area contributed by atoms with Crippen LogP contribution in [0.25, 0.3) is 10.2 Å². The number of fused-ring (bicyclic) bond motifs is 1. The van der Waals surface area contributed by atoms with Gasteiger partial charge >= 0.3 is 0 Å². The maximum Gasteiger partial charge on any atom is 0.235 e. The number of hydrogen-bond donors (Lipinski definition) is 1. The Morgan fingerprint density at radius 2 is 2.28 bits per heavy atom. The molecular weight excluding hydrogens is 342 g/mol. The van der Waals surface area contributed by atoms with Crippen molar-refractivity contribution >= 4 is 32.6 Å². The first kappa shape index (κ1) is 15.8. The van der Waals surface area contributed by atoms with Gasteiger partial charge in [0.15, 0.2) is 5.13 Å². The lowest BCUT2D eigenvalue weighted by molar-refractivity contribution is -0.126. The second-order valence-electron chi connectivity index (χ2n) is 5.86. The van der Waals surface area contributed by atoms with Gasteiger partial charge in [0.2, 0.25) is 17.7 Å². The van der Waals surface area contributed by atoms with Crippen LogP contribution >= 0.6 is 11.3 Å². The summed E-state index contributed by atoms with van der Waals surface area (Å²) in [7, 11) is 1.64. The molecule has 25 heavy (non-hydrogen) atoms. The van der Waals surface area contributed by atoms with Crippen LogP contribution in [-0.4, -0.2) is 41.3 Å². The molecule has 0 atom stereocenters. The molecule has 3 aromatic rings. The quantitative estimate of drug-likeness (QED) is 0.742. The first-order valence-corrected chi connectivity index (χ1v) is 8.70. The van der Waals surface area contributed by atoms with Crippen LogP contribution in [0.4, 0.5) is 5.13 Å². The van der Waals surface area contributed by atoms with E-state index in [2.05, 4.69) is 25.4 Å². The van der Waals surface area contributed by atoms with Gasteiger partial charge < -0.3 is 19.4 Å². The van der Waals surface area contributed by atoms with Crippen LogP contribution in [0.15, 0.2) is 22.6 Å². The van der Waals surface area contributed by atoms with E-state index in [1.165, 1.54) is 0 Å². The number of anilines is 1. The minimum absolute atomic E-state index is 0.00474. The molecule has 130 valence electrons. The molecule has 1 aliphatic rings. The van der Waals surface area contributed by atoms with Crippen molar-refractivity contribution in [3.8, 4) is 5.75 Å². The number of aromatic nitrogens is 3. The van der Waals surface area contributed by atoms with Crippen LogP contribution in [0.5, 0.6) is 5.75 Å². The van der Waals surface area contributed by atoms with E-state index in [9.17, 15) is 4.79 Å². The maximum atomic E-state index is 12.2. The first-order valence-electron chi connectivity index (χ1n) is 7.88. The van der Waals surface area contributed by atoms with E-state index in [-0.39, 0.29) is 18.4 Å². The van der Waals surface area contributed by atoms with Crippen LogP contribution in [0, 0.1) is 12.8 Å². The van der Waals surface area contributed by atoms with Crippen LogP contribution < -0.4 is 15.0 Å². The zero-order valence-corrected chi connectivity index (χ0v) is 14.7. The molecule has 3 heterocycles. The van der Waals surface area contributed by atoms with E-state index in [1.54, 1.807) is 25.4 Å². The van der Waals surface area contributed by atoms with Crippen molar-refractivity contribution in [1.82, 2.24) is 20.5 Å². The molecule has 0 bridgehead atoms. The van der Waals surface area contributed by atoms with Gasteiger partial charge in [-0.05, 0) is 12.1 Å². The second-order valence-corrected chi connectivity index (χ2v) is 6.87. The lowest BCUT2D eigenvalue weighted by atomic mass is 10.0. The van der Waals surface area contributed by atoms with Gasteiger partial charge in [-0.15, -0.1) is 10.2 Å². The summed E-state index contributed by atoms with van der Waals surface area (Å²) in [5.74, 6) is 1.65. The third kappa shape index (κ3) is 3.14. The Balaban J connectivity index is 1.34. The average Bonchev–Trinajstić information content (AvgIpc) is 3.16. The highest BCUT2D eigenvalue weighted by atomic mass is 32.1. The zero-order valence-electron chi connectivity index (χ0n) is 13.9. The Morgan fingerprint density at radius 3 is 3.00 bits per heavy atom. The van der Waals surface area contributed by atoms with Crippen LogP contribution in [0.3, 0.4) is 0 Å². The van der Waals surface area contributed by atoms with Gasteiger partial charge in [-0.3, -0.25) is 4.79 Å². The lowest BCUT2D eigenvalue weighted by Crippen LogP contribution is -2.53. The lowest BCUT2D eigenvalue weighted by Gasteiger charge is -2.37. The van der Waals surface area contributed by atoms with Gasteiger partial charge in [0, 0.05) is 26.1 Å². The Kier molecular flexibility index (Phi) is 4.00. The van der Waals surface area contributed by atoms with E-state index < -0.39 is 0 Å². The number of nitrogens with one attached hydrogen (secondary N) is 1. The number of rotatable bonds is 5. The number of carbonyl (C=O) groups is 1. The van der Waals surface area contributed by atoms with Crippen molar-refractivity contribution in [3.63, 3.8) is 0 Å². The summed E-state index contributed by atoms with van der Waals surface area (Å²) in [6.45, 7) is 3.30. The number of nitrogens with zero attached hydrogens (tertiary/aromatic N) is 4. The van der Waals surface area contributed by atoms with Crippen molar-refractivity contribution in [2.75, 3.05) is 25.1 Å². The molecule has 1 saturated heterocycles. The van der Waals surface area contributed by atoms with Gasteiger partial charge in [-0.2, -0.15) is 0 Å². The fourth-order valence-corrected chi connectivity index (χ4v) is 3.64. The minimum atomic E-state index is -0.0504. The monoisotopic (exact) mass is 359 g/mol. The van der Waals surface area contributed by atoms with Crippen molar-refractivity contribution < 1.29 is 13.9 Å². The van der Waals surface area contributed by atoms with Gasteiger partial charge in [-0.1, -0.05) is 11.3 Å². The van der Waals surface area contributed by atoms with Crippen molar-refractivity contribution in [2.24, 2.45) is 5.92 Å². The highest BCUT2D eigenvalue weighted by Crippen LogP contribution is 2.34. The Labute approximate surface area is 147 Å². The molecule has 0 spiro atoms. The van der Waals surface area contributed by atoms with Crippen LogP contribution in [-0.2, 0) is 11.3 Å². The predicted octanol–water partition coefficient (Wildman–Crippen LogP) is 1.75. The number of aryl methyl sites for hydroxylation is 1. The molecule has 1 aromatic carbocycles. The van der Waals surface area contributed by atoms with Gasteiger partial charge in [0.25, 0.3) is 0 Å². The summed E-state index contributed by atoms with van der Waals surface area (Å²) < 4.78 is 11.6. The number of hydrogen-bond acceptors (Lipinski definition) is 8. The smallest absolute Gasteiger partial charge is 0.235 e. The molecule has 1 aliphatic heterocycles. The van der Waals surface area contributed by atoms with E-state index in [4.69, 9.17) is 9.15 Å². The molecule has 1 amide bonds. The van der Waals surface area contributed by atoms with Crippen LogP contribution in [0.1, 0.15) is 11.8 Å². The summed E-state index contributed by atoms with van der Waals surface area (Å²) in [6, 6.07) is 5.85. The number of amides is 1. The SMILES string of the molecule is COc1ccc2sc(N3CC(C(=O)NCc4nnc(C)o4)C3)nc2c1. The molecule has 4 rings (SSSR count). The van der Waals surface area contributed by atoms with Crippen molar-refractivity contribution in [1.29, 1.82) is 0 Å². The van der Waals surface area contributed by atoms with Crippen molar-refractivity contribution in [3.05, 3.63) is 30.0 Å². The molecule has 0 radical (unpaired) electrons. The third-order valence-corrected chi connectivity index (χ3v) is 5.19. The maximum absolute atomic E-state index is 12.2. The largest absolute Gasteiger partial charge is 0.497 e. The third-order valence-electron chi connectivity index (χ3n) is 4.09. The first-order chi connectivity index (χ1) is 12.1. The summed E-state index contributed by atoms with van der Waals surface area (Å²) in [5, 5.41) is 11.4. The van der Waals surface area contributed by atoms with Crippen LogP contribution in [0.2, 0.25) is 0 Å². The number of thiazole rings is 1. The zero-order chi connectivity index (χ0) is 17.4. The summed E-state index contributed by atoms with van der Waals surface area (Å²) in [4.78, 5) is 18.9. The minimum Gasteiger partial charge on any atom is -0.497 e. The molecule has 9 heteroatoms. The number of carbonyl (C=O) groups excluding carboxylic acids is 1. The molecule has 0 unspecified atom stereocenters. The number of benzene rings is 1.